The van der Waals surface area contributed by atoms with Gasteiger partial charge in [0.25, 0.3) is 0 Å². The number of nitrogens with one attached hydrogen (secondary N) is 1. The highest BCUT2D eigenvalue weighted by atomic mass is 35.5. The van der Waals surface area contributed by atoms with E-state index < -0.39 is 5.97 Å². The van der Waals surface area contributed by atoms with Crippen LogP contribution in [0.4, 0.5) is 0 Å². The third kappa shape index (κ3) is 3.76. The molecule has 0 spiro atoms. The first-order chi connectivity index (χ1) is 13.4. The third-order valence-electron chi connectivity index (χ3n) is 5.23. The van der Waals surface area contributed by atoms with Gasteiger partial charge in [-0.2, -0.15) is 0 Å². The van der Waals surface area contributed by atoms with Crippen LogP contribution < -0.4 is 0 Å². The minimum Gasteiger partial charge on any atom is -0.478 e. The van der Waals surface area contributed by atoms with E-state index in [1.54, 1.807) is 6.07 Å². The second-order valence-corrected chi connectivity index (χ2v) is 7.81. The van der Waals surface area contributed by atoms with Crippen LogP contribution in [0.1, 0.15) is 34.6 Å². The van der Waals surface area contributed by atoms with E-state index in [1.165, 1.54) is 0 Å². The molecule has 6 nitrogen and oxygen atoms in total. The lowest BCUT2D eigenvalue weighted by Gasteiger charge is -2.28. The molecule has 1 aliphatic heterocycles. The molecule has 4 rings (SSSR count). The molecule has 3 N–H and O–H groups in total. The second kappa shape index (κ2) is 7.54. The maximum Gasteiger partial charge on any atom is 0.337 e. The number of likely N-dealkylation sites (tertiary alicyclic amines) is 1. The number of halogens is 1. The SMILES string of the molecule is Cc1ccc(-c2cc(C(=O)O)c3nc(CN4CCC(O)CC4)[nH]c3c2)c(Cl)c1. The standard InChI is InChI=1S/C21H22ClN3O3/c1-12-2-3-15(17(22)8-12)13-9-16(21(27)28)20-18(10-13)23-19(24-20)11-25-6-4-14(26)5-7-25/h2-3,8-10,14,26H,4-7,11H2,1H3,(H,23,24)(H,27,28). The highest BCUT2D eigenvalue weighted by molar-refractivity contribution is 6.33. The van der Waals surface area contributed by atoms with Crippen LogP contribution in [0.3, 0.4) is 0 Å². The van der Waals surface area contributed by atoms with Crippen molar-refractivity contribution in [2.24, 2.45) is 0 Å². The molecule has 0 aliphatic carbocycles. The number of carboxylic acids is 1. The molecule has 1 fully saturated rings. The summed E-state index contributed by atoms with van der Waals surface area (Å²) in [5.74, 6) is -0.296. The summed E-state index contributed by atoms with van der Waals surface area (Å²) in [7, 11) is 0. The average molecular weight is 400 g/mol. The van der Waals surface area contributed by atoms with Gasteiger partial charge in [0.1, 0.15) is 11.3 Å². The predicted molar refractivity (Wildman–Crippen MR) is 109 cm³/mol. The number of aliphatic hydroxyl groups is 1. The maximum atomic E-state index is 11.8. The average Bonchev–Trinajstić information content (AvgIpc) is 3.05. The molecule has 1 aromatic heterocycles. The van der Waals surface area contributed by atoms with Crippen LogP contribution in [0, 0.1) is 6.92 Å². The summed E-state index contributed by atoms with van der Waals surface area (Å²) in [6, 6.07) is 9.25. The number of piperidine rings is 1. The van der Waals surface area contributed by atoms with Gasteiger partial charge in [-0.1, -0.05) is 23.7 Å². The number of nitrogens with zero attached hydrogens (tertiary/aromatic N) is 2. The second-order valence-electron chi connectivity index (χ2n) is 7.40. The first-order valence-electron chi connectivity index (χ1n) is 9.33. The Kier molecular flexibility index (Phi) is 5.10. The Morgan fingerprint density at radius 3 is 2.71 bits per heavy atom. The summed E-state index contributed by atoms with van der Waals surface area (Å²) in [6.45, 7) is 4.16. The van der Waals surface area contributed by atoms with Gasteiger partial charge in [-0.25, -0.2) is 9.78 Å². The number of benzene rings is 2. The Morgan fingerprint density at radius 1 is 1.29 bits per heavy atom. The zero-order valence-corrected chi connectivity index (χ0v) is 16.3. The van der Waals surface area contributed by atoms with Gasteiger partial charge in [0.15, 0.2) is 0 Å². The number of aliphatic hydroxyl groups excluding tert-OH is 1. The van der Waals surface area contributed by atoms with Crippen molar-refractivity contribution in [3.8, 4) is 11.1 Å². The number of imidazole rings is 1. The van der Waals surface area contributed by atoms with E-state index in [9.17, 15) is 15.0 Å². The molecular formula is C21H22ClN3O3. The van der Waals surface area contributed by atoms with E-state index in [-0.39, 0.29) is 11.7 Å². The molecule has 0 saturated carbocycles. The van der Waals surface area contributed by atoms with E-state index in [1.807, 2.05) is 31.2 Å². The quantitative estimate of drug-likeness (QED) is 0.620. The van der Waals surface area contributed by atoms with E-state index >= 15 is 0 Å². The number of carbonyl (C=O) groups is 1. The molecular weight excluding hydrogens is 378 g/mol. The Labute approximate surface area is 167 Å². The highest BCUT2D eigenvalue weighted by Crippen LogP contribution is 2.32. The van der Waals surface area contributed by atoms with Crippen molar-refractivity contribution in [2.75, 3.05) is 13.1 Å². The molecule has 28 heavy (non-hydrogen) atoms. The molecule has 1 aliphatic rings. The molecule has 0 unspecified atom stereocenters. The van der Waals surface area contributed by atoms with Gasteiger partial charge in [0.05, 0.1) is 23.7 Å². The van der Waals surface area contributed by atoms with Crippen molar-refractivity contribution >= 4 is 28.6 Å². The zero-order valence-electron chi connectivity index (χ0n) is 15.6. The van der Waals surface area contributed by atoms with Gasteiger partial charge in [0.2, 0.25) is 0 Å². The van der Waals surface area contributed by atoms with Crippen molar-refractivity contribution in [2.45, 2.75) is 32.4 Å². The monoisotopic (exact) mass is 399 g/mol. The Hall–Kier alpha value is -2.41. The van der Waals surface area contributed by atoms with Crippen LogP contribution in [0.25, 0.3) is 22.2 Å². The van der Waals surface area contributed by atoms with Crippen molar-refractivity contribution < 1.29 is 15.0 Å². The summed E-state index contributed by atoms with van der Waals surface area (Å²) < 4.78 is 0. The highest BCUT2D eigenvalue weighted by Gasteiger charge is 2.20. The molecule has 0 amide bonds. The van der Waals surface area contributed by atoms with E-state index in [0.717, 1.165) is 48.4 Å². The number of H-pyrrole nitrogens is 1. The molecule has 2 aromatic carbocycles. The minimum absolute atomic E-state index is 0.153. The van der Waals surface area contributed by atoms with Crippen molar-refractivity contribution in [1.82, 2.24) is 14.9 Å². The number of aromatic carboxylic acids is 1. The number of aryl methyl sites for hydroxylation is 1. The molecule has 146 valence electrons. The summed E-state index contributed by atoms with van der Waals surface area (Å²) in [6.07, 6.45) is 1.26. The van der Waals surface area contributed by atoms with Crippen molar-refractivity contribution in [3.63, 3.8) is 0 Å². The van der Waals surface area contributed by atoms with Crippen LogP contribution in [0.5, 0.6) is 0 Å². The summed E-state index contributed by atoms with van der Waals surface area (Å²) in [4.78, 5) is 21.9. The largest absolute Gasteiger partial charge is 0.478 e. The van der Waals surface area contributed by atoms with Gasteiger partial charge >= 0.3 is 5.97 Å². The number of rotatable bonds is 4. The van der Waals surface area contributed by atoms with Crippen LogP contribution in [-0.2, 0) is 6.54 Å². The number of hydrogen-bond donors (Lipinski definition) is 3. The Bertz CT molecular complexity index is 1040. The smallest absolute Gasteiger partial charge is 0.337 e. The number of carboxylic acid groups (broad SMARTS) is 1. The summed E-state index contributed by atoms with van der Waals surface area (Å²) in [5, 5.41) is 19.9. The zero-order chi connectivity index (χ0) is 19.8. The fourth-order valence-electron chi connectivity index (χ4n) is 3.71. The van der Waals surface area contributed by atoms with Crippen LogP contribution >= 0.6 is 11.6 Å². The maximum absolute atomic E-state index is 11.8. The lowest BCUT2D eigenvalue weighted by Crippen LogP contribution is -2.35. The van der Waals surface area contributed by atoms with Crippen molar-refractivity contribution in [1.29, 1.82) is 0 Å². The number of aromatic nitrogens is 2. The number of hydrogen-bond acceptors (Lipinski definition) is 4. The molecule has 7 heteroatoms. The van der Waals surface area contributed by atoms with Gasteiger partial charge < -0.3 is 15.2 Å². The Morgan fingerprint density at radius 2 is 2.04 bits per heavy atom. The lowest BCUT2D eigenvalue weighted by atomic mass is 10.0. The molecule has 0 bridgehead atoms. The first-order valence-corrected chi connectivity index (χ1v) is 9.71. The lowest BCUT2D eigenvalue weighted by molar-refractivity contribution is 0.0698. The van der Waals surface area contributed by atoms with E-state index in [2.05, 4.69) is 14.9 Å². The first kappa shape index (κ1) is 18.9. The van der Waals surface area contributed by atoms with Crippen LogP contribution in [0.2, 0.25) is 5.02 Å². The number of fused-ring (bicyclic) bond motifs is 1. The summed E-state index contributed by atoms with van der Waals surface area (Å²) >= 11 is 6.39. The topological polar surface area (TPSA) is 89.4 Å². The van der Waals surface area contributed by atoms with Crippen molar-refractivity contribution in [3.05, 3.63) is 52.3 Å². The third-order valence-corrected chi connectivity index (χ3v) is 5.54. The normalized spacial score (nSPS) is 16.0. The fourth-order valence-corrected chi connectivity index (χ4v) is 4.05. The van der Waals surface area contributed by atoms with Gasteiger partial charge in [-0.15, -0.1) is 0 Å². The number of aromatic amines is 1. The van der Waals surface area contributed by atoms with Crippen LogP contribution in [0.15, 0.2) is 30.3 Å². The molecule has 0 radical (unpaired) electrons. The predicted octanol–water partition coefficient (Wildman–Crippen LogP) is 3.85. The molecule has 3 aromatic rings. The van der Waals surface area contributed by atoms with Crippen LogP contribution in [-0.4, -0.2) is 50.2 Å². The Balaban J connectivity index is 1.73. The molecule has 2 heterocycles. The van der Waals surface area contributed by atoms with Gasteiger partial charge in [-0.05, 0) is 49.1 Å². The van der Waals surface area contributed by atoms with Gasteiger partial charge in [0, 0.05) is 23.7 Å². The molecule has 0 atom stereocenters. The van der Waals surface area contributed by atoms with E-state index in [4.69, 9.17) is 11.6 Å². The van der Waals surface area contributed by atoms with Gasteiger partial charge in [-0.3, -0.25) is 4.90 Å². The minimum atomic E-state index is -1.02. The fraction of sp³-hybridized carbons (Fsp3) is 0.333. The molecule has 1 saturated heterocycles. The summed E-state index contributed by atoms with van der Waals surface area (Å²) in [5.41, 5.74) is 3.86. The van der Waals surface area contributed by atoms with E-state index in [0.29, 0.717) is 22.6 Å².